The van der Waals surface area contributed by atoms with Gasteiger partial charge in [0.25, 0.3) is 5.91 Å². The molecule has 19 heavy (non-hydrogen) atoms. The molecule has 0 saturated heterocycles. The minimum Gasteiger partial charge on any atom is -0.466 e. The van der Waals surface area contributed by atoms with Gasteiger partial charge in [0.2, 0.25) is 0 Å². The first kappa shape index (κ1) is 14.1. The maximum absolute atomic E-state index is 12.7. The van der Waals surface area contributed by atoms with E-state index in [1.165, 1.54) is 19.3 Å². The fourth-order valence-electron chi connectivity index (χ4n) is 2.98. The van der Waals surface area contributed by atoms with Crippen LogP contribution >= 0.6 is 0 Å². The van der Waals surface area contributed by atoms with E-state index in [9.17, 15) is 4.79 Å². The highest BCUT2D eigenvalue weighted by Gasteiger charge is 2.27. The first-order valence-corrected chi connectivity index (χ1v) is 7.21. The zero-order valence-corrected chi connectivity index (χ0v) is 11.9. The Kier molecular flexibility index (Phi) is 4.64. The van der Waals surface area contributed by atoms with E-state index in [4.69, 9.17) is 10.2 Å². The average Bonchev–Trinajstić information content (AvgIpc) is 2.75. The molecule has 2 N–H and O–H groups in total. The molecular weight excluding hydrogens is 240 g/mol. The molecular formula is C15H24N2O2. The van der Waals surface area contributed by atoms with Crippen molar-refractivity contribution < 1.29 is 9.21 Å². The highest BCUT2D eigenvalue weighted by Crippen LogP contribution is 2.25. The Balaban J connectivity index is 2.17. The minimum absolute atomic E-state index is 0.0756. The molecule has 1 aliphatic rings. The summed E-state index contributed by atoms with van der Waals surface area (Å²) in [6.45, 7) is 4.87. The van der Waals surface area contributed by atoms with Gasteiger partial charge in [-0.3, -0.25) is 4.79 Å². The number of carbonyl (C=O) groups excluding carboxylic acids is 1. The van der Waals surface area contributed by atoms with E-state index >= 15 is 0 Å². The van der Waals surface area contributed by atoms with Crippen LogP contribution in [0.5, 0.6) is 0 Å². The molecule has 1 fully saturated rings. The monoisotopic (exact) mass is 264 g/mol. The van der Waals surface area contributed by atoms with Crippen molar-refractivity contribution in [1.82, 2.24) is 4.90 Å². The van der Waals surface area contributed by atoms with E-state index < -0.39 is 0 Å². The molecule has 0 unspecified atom stereocenters. The van der Waals surface area contributed by atoms with Crippen LogP contribution in [0.1, 0.15) is 54.0 Å². The van der Waals surface area contributed by atoms with Crippen molar-refractivity contribution in [2.75, 3.05) is 13.1 Å². The first-order chi connectivity index (χ1) is 9.13. The van der Waals surface area contributed by atoms with Crippen LogP contribution in [0.25, 0.3) is 0 Å². The normalized spacial score (nSPS) is 16.6. The standard InChI is InChI=1S/C15H24N2O2/c1-11-10-14(12(2)19-11)15(18)17(9-8-16)13-6-4-3-5-7-13/h10,13H,3-9,16H2,1-2H3. The summed E-state index contributed by atoms with van der Waals surface area (Å²) in [5, 5.41) is 0. The van der Waals surface area contributed by atoms with Gasteiger partial charge in [-0.15, -0.1) is 0 Å². The molecule has 106 valence electrons. The van der Waals surface area contributed by atoms with Crippen molar-refractivity contribution >= 4 is 5.91 Å². The Bertz CT molecular complexity index is 433. The fourth-order valence-corrected chi connectivity index (χ4v) is 2.98. The Morgan fingerprint density at radius 2 is 2.05 bits per heavy atom. The maximum Gasteiger partial charge on any atom is 0.257 e. The molecule has 1 aromatic rings. The van der Waals surface area contributed by atoms with Gasteiger partial charge in [0.05, 0.1) is 5.56 Å². The van der Waals surface area contributed by atoms with E-state index in [1.54, 1.807) is 0 Å². The van der Waals surface area contributed by atoms with Gasteiger partial charge in [-0.05, 0) is 32.8 Å². The molecule has 1 amide bonds. The van der Waals surface area contributed by atoms with E-state index in [1.807, 2.05) is 24.8 Å². The van der Waals surface area contributed by atoms with Gasteiger partial charge in [0, 0.05) is 19.1 Å². The minimum atomic E-state index is 0.0756. The number of nitrogens with zero attached hydrogens (tertiary/aromatic N) is 1. The molecule has 2 rings (SSSR count). The Hall–Kier alpha value is -1.29. The van der Waals surface area contributed by atoms with Crippen LogP contribution in [0.3, 0.4) is 0 Å². The van der Waals surface area contributed by atoms with Crippen LogP contribution in [0.4, 0.5) is 0 Å². The smallest absolute Gasteiger partial charge is 0.257 e. The number of furan rings is 1. The van der Waals surface area contributed by atoms with Crippen LogP contribution in [-0.2, 0) is 0 Å². The molecule has 1 aromatic heterocycles. The van der Waals surface area contributed by atoms with Gasteiger partial charge in [-0.1, -0.05) is 19.3 Å². The number of aryl methyl sites for hydroxylation is 2. The van der Waals surface area contributed by atoms with Gasteiger partial charge >= 0.3 is 0 Å². The predicted octanol–water partition coefficient (Wildman–Crippen LogP) is 2.63. The molecule has 0 aromatic carbocycles. The maximum atomic E-state index is 12.7. The molecule has 0 aliphatic heterocycles. The second-order valence-corrected chi connectivity index (χ2v) is 5.41. The molecule has 1 saturated carbocycles. The third kappa shape index (κ3) is 3.18. The number of rotatable bonds is 4. The highest BCUT2D eigenvalue weighted by molar-refractivity contribution is 5.95. The summed E-state index contributed by atoms with van der Waals surface area (Å²) in [7, 11) is 0. The number of hydrogen-bond acceptors (Lipinski definition) is 3. The first-order valence-electron chi connectivity index (χ1n) is 7.21. The van der Waals surface area contributed by atoms with Crippen LogP contribution in [-0.4, -0.2) is 29.9 Å². The Labute approximate surface area is 114 Å². The summed E-state index contributed by atoms with van der Waals surface area (Å²) in [5.41, 5.74) is 6.37. The van der Waals surface area contributed by atoms with Gasteiger partial charge in [-0.2, -0.15) is 0 Å². The van der Waals surface area contributed by atoms with Gasteiger partial charge in [0.15, 0.2) is 0 Å². The van der Waals surface area contributed by atoms with Gasteiger partial charge in [0.1, 0.15) is 11.5 Å². The largest absolute Gasteiger partial charge is 0.466 e. The molecule has 1 aliphatic carbocycles. The lowest BCUT2D eigenvalue weighted by Gasteiger charge is -2.34. The van der Waals surface area contributed by atoms with Crippen LogP contribution in [0.15, 0.2) is 10.5 Å². The zero-order chi connectivity index (χ0) is 13.8. The predicted molar refractivity (Wildman–Crippen MR) is 75.1 cm³/mol. The summed E-state index contributed by atoms with van der Waals surface area (Å²) in [4.78, 5) is 14.6. The highest BCUT2D eigenvalue weighted by atomic mass is 16.3. The van der Waals surface area contributed by atoms with E-state index in [0.717, 1.165) is 18.6 Å². The van der Waals surface area contributed by atoms with Crippen molar-refractivity contribution in [2.24, 2.45) is 5.73 Å². The molecule has 0 bridgehead atoms. The summed E-state index contributed by atoms with van der Waals surface area (Å²) in [6, 6.07) is 2.18. The quantitative estimate of drug-likeness (QED) is 0.909. The average molecular weight is 264 g/mol. The topological polar surface area (TPSA) is 59.5 Å². The van der Waals surface area contributed by atoms with Gasteiger partial charge in [-0.25, -0.2) is 0 Å². The van der Waals surface area contributed by atoms with Crippen molar-refractivity contribution in [2.45, 2.75) is 52.0 Å². The number of hydrogen-bond donors (Lipinski definition) is 1. The molecule has 0 spiro atoms. The third-order valence-electron chi connectivity index (χ3n) is 3.92. The van der Waals surface area contributed by atoms with Crippen LogP contribution in [0.2, 0.25) is 0 Å². The van der Waals surface area contributed by atoms with Crippen molar-refractivity contribution in [3.63, 3.8) is 0 Å². The second-order valence-electron chi connectivity index (χ2n) is 5.41. The summed E-state index contributed by atoms with van der Waals surface area (Å²) in [6.07, 6.45) is 5.90. The summed E-state index contributed by atoms with van der Waals surface area (Å²) < 4.78 is 5.47. The van der Waals surface area contributed by atoms with Crippen molar-refractivity contribution in [3.8, 4) is 0 Å². The SMILES string of the molecule is Cc1cc(C(=O)N(CCN)C2CCCCC2)c(C)o1. The lowest BCUT2D eigenvalue weighted by molar-refractivity contribution is 0.0640. The lowest BCUT2D eigenvalue weighted by atomic mass is 9.93. The van der Waals surface area contributed by atoms with Crippen molar-refractivity contribution in [3.05, 3.63) is 23.2 Å². The number of carbonyl (C=O) groups is 1. The molecule has 4 nitrogen and oxygen atoms in total. The Morgan fingerprint density at radius 3 is 2.58 bits per heavy atom. The lowest BCUT2D eigenvalue weighted by Crippen LogP contribution is -2.44. The fraction of sp³-hybridized carbons (Fsp3) is 0.667. The number of amides is 1. The van der Waals surface area contributed by atoms with E-state index in [2.05, 4.69) is 0 Å². The van der Waals surface area contributed by atoms with Crippen molar-refractivity contribution in [1.29, 1.82) is 0 Å². The van der Waals surface area contributed by atoms with E-state index in [-0.39, 0.29) is 5.91 Å². The molecule has 0 radical (unpaired) electrons. The van der Waals surface area contributed by atoms with Crippen LogP contribution in [0, 0.1) is 13.8 Å². The summed E-state index contributed by atoms with van der Waals surface area (Å²) >= 11 is 0. The third-order valence-corrected chi connectivity index (χ3v) is 3.92. The van der Waals surface area contributed by atoms with Crippen LogP contribution < -0.4 is 5.73 Å². The van der Waals surface area contributed by atoms with Gasteiger partial charge < -0.3 is 15.1 Å². The molecule has 1 heterocycles. The summed E-state index contributed by atoms with van der Waals surface area (Å²) in [5.74, 6) is 1.57. The molecule has 4 heteroatoms. The number of nitrogens with two attached hydrogens (primary N) is 1. The second kappa shape index (κ2) is 6.24. The zero-order valence-electron chi connectivity index (χ0n) is 11.9. The van der Waals surface area contributed by atoms with E-state index in [0.29, 0.717) is 30.5 Å². The Morgan fingerprint density at radius 1 is 1.37 bits per heavy atom. The molecule has 0 atom stereocenters.